The second-order valence-corrected chi connectivity index (χ2v) is 7.19. The highest BCUT2D eigenvalue weighted by Gasteiger charge is 2.41. The highest BCUT2D eigenvalue weighted by molar-refractivity contribution is 6.32. The van der Waals surface area contributed by atoms with Gasteiger partial charge in [0.2, 0.25) is 0 Å². The van der Waals surface area contributed by atoms with Crippen molar-refractivity contribution in [2.45, 2.75) is 12.7 Å². The Morgan fingerprint density at radius 3 is 2.63 bits per heavy atom. The molecular weight excluding hydrogens is 419 g/mol. The molecule has 0 saturated carbocycles. The van der Waals surface area contributed by atoms with E-state index in [4.69, 9.17) is 11.6 Å². The third kappa shape index (κ3) is 2.77. The first-order valence-electron chi connectivity index (χ1n) is 9.04. The van der Waals surface area contributed by atoms with Gasteiger partial charge in [0.05, 0.1) is 39.1 Å². The number of alkyl halides is 3. The number of para-hydroxylation sites is 2. The lowest BCUT2D eigenvalue weighted by molar-refractivity contribution is -0.142. The molecule has 0 fully saturated rings. The summed E-state index contributed by atoms with van der Waals surface area (Å²) in [5.74, 6) is -0.187. The number of benzene rings is 2. The van der Waals surface area contributed by atoms with E-state index in [1.165, 1.54) is 12.1 Å². The monoisotopic (exact) mass is 431 g/mol. The maximum Gasteiger partial charge on any atom is 0.434 e. The van der Waals surface area contributed by atoms with E-state index < -0.39 is 11.9 Å². The zero-order chi connectivity index (χ0) is 21.0. The average molecular weight is 432 g/mol. The minimum Gasteiger partial charge on any atom is -0.350 e. The van der Waals surface area contributed by atoms with Crippen molar-refractivity contribution in [3.8, 4) is 17.1 Å². The van der Waals surface area contributed by atoms with Crippen LogP contribution in [0.5, 0.6) is 0 Å². The van der Waals surface area contributed by atoms with Crippen LogP contribution in [-0.4, -0.2) is 31.8 Å². The molecule has 5 rings (SSSR count). The molecule has 1 aliphatic rings. The standard InChI is InChI=1S/C20H13ClF3N5O/c21-13-5-1-2-7-15(13)29-17(20(22,23)24)12(10-26-29)18-27-14-6-3-4-11-16(14)28(18)9-8-25-19(11)30/h1-7,10H,8-9H2,(H,25,30). The summed E-state index contributed by atoms with van der Waals surface area (Å²) in [6.45, 7) is 0.551. The van der Waals surface area contributed by atoms with Crippen molar-refractivity contribution in [1.82, 2.24) is 24.6 Å². The summed E-state index contributed by atoms with van der Waals surface area (Å²) < 4.78 is 44.9. The van der Waals surface area contributed by atoms with Crippen LogP contribution in [0.4, 0.5) is 13.2 Å². The lowest BCUT2D eigenvalue weighted by atomic mass is 10.1. The van der Waals surface area contributed by atoms with Gasteiger partial charge in [0.25, 0.3) is 5.91 Å². The van der Waals surface area contributed by atoms with Crippen molar-refractivity contribution in [1.29, 1.82) is 0 Å². The quantitative estimate of drug-likeness (QED) is 0.514. The number of hydrogen-bond donors (Lipinski definition) is 1. The molecule has 0 aliphatic carbocycles. The van der Waals surface area contributed by atoms with Crippen LogP contribution >= 0.6 is 11.6 Å². The van der Waals surface area contributed by atoms with Crippen molar-refractivity contribution in [2.24, 2.45) is 0 Å². The predicted molar refractivity (Wildman–Crippen MR) is 105 cm³/mol. The van der Waals surface area contributed by atoms with Gasteiger partial charge in [-0.05, 0) is 24.3 Å². The maximum absolute atomic E-state index is 14.2. The first-order valence-corrected chi connectivity index (χ1v) is 9.42. The van der Waals surface area contributed by atoms with E-state index in [0.29, 0.717) is 16.6 Å². The summed E-state index contributed by atoms with van der Waals surface area (Å²) in [5.41, 5.74) is 0.267. The number of carbonyl (C=O) groups excluding carboxylic acids is 1. The fourth-order valence-electron chi connectivity index (χ4n) is 3.76. The van der Waals surface area contributed by atoms with Gasteiger partial charge in [0.1, 0.15) is 5.82 Å². The van der Waals surface area contributed by atoms with Crippen LogP contribution < -0.4 is 5.32 Å². The molecule has 1 N–H and O–H groups in total. The van der Waals surface area contributed by atoms with Gasteiger partial charge in [-0.15, -0.1) is 0 Å². The van der Waals surface area contributed by atoms with Gasteiger partial charge < -0.3 is 9.88 Å². The van der Waals surface area contributed by atoms with E-state index in [-0.39, 0.29) is 41.1 Å². The molecule has 0 atom stereocenters. The number of hydrogen-bond acceptors (Lipinski definition) is 3. The maximum atomic E-state index is 14.2. The van der Waals surface area contributed by atoms with E-state index in [0.717, 1.165) is 10.9 Å². The van der Waals surface area contributed by atoms with Gasteiger partial charge in [0.15, 0.2) is 5.69 Å². The Morgan fingerprint density at radius 1 is 1.07 bits per heavy atom. The molecule has 2 aromatic heterocycles. The molecule has 0 unspecified atom stereocenters. The molecule has 0 saturated heterocycles. The summed E-state index contributed by atoms with van der Waals surface area (Å²) in [7, 11) is 0. The van der Waals surface area contributed by atoms with Crippen molar-refractivity contribution in [2.75, 3.05) is 6.54 Å². The van der Waals surface area contributed by atoms with Gasteiger partial charge in [-0.2, -0.15) is 18.3 Å². The van der Waals surface area contributed by atoms with E-state index >= 15 is 0 Å². The Kier molecular flexibility index (Phi) is 4.11. The normalized spacial score (nSPS) is 14.1. The van der Waals surface area contributed by atoms with Crippen LogP contribution in [0.1, 0.15) is 16.1 Å². The Bertz CT molecular complexity index is 1310. The van der Waals surface area contributed by atoms with Gasteiger partial charge in [-0.1, -0.05) is 29.8 Å². The van der Waals surface area contributed by atoms with E-state index in [1.54, 1.807) is 34.9 Å². The summed E-state index contributed by atoms with van der Waals surface area (Å²) in [5, 5.41) is 6.88. The van der Waals surface area contributed by atoms with Crippen LogP contribution in [0.15, 0.2) is 48.7 Å². The Labute approximate surface area is 172 Å². The minimum absolute atomic E-state index is 0.0968. The van der Waals surface area contributed by atoms with Crippen LogP contribution in [-0.2, 0) is 12.7 Å². The average Bonchev–Trinajstić information content (AvgIpc) is 3.25. The molecule has 0 radical (unpaired) electrons. The van der Waals surface area contributed by atoms with Crippen molar-refractivity contribution in [3.05, 3.63) is 64.9 Å². The number of nitrogens with zero attached hydrogens (tertiary/aromatic N) is 4. The largest absolute Gasteiger partial charge is 0.434 e. The topological polar surface area (TPSA) is 64.7 Å². The fourth-order valence-corrected chi connectivity index (χ4v) is 3.98. The third-order valence-corrected chi connectivity index (χ3v) is 5.31. The summed E-state index contributed by atoms with van der Waals surface area (Å²) in [4.78, 5) is 16.8. The van der Waals surface area contributed by atoms with Crippen molar-refractivity contribution >= 4 is 28.5 Å². The summed E-state index contributed by atoms with van der Waals surface area (Å²) in [6, 6.07) is 11.1. The molecule has 3 heterocycles. The highest BCUT2D eigenvalue weighted by Crippen LogP contribution is 2.40. The van der Waals surface area contributed by atoms with Crippen LogP contribution in [0, 0.1) is 0 Å². The molecule has 2 aromatic carbocycles. The molecule has 4 aromatic rings. The first-order chi connectivity index (χ1) is 14.4. The Morgan fingerprint density at radius 2 is 1.87 bits per heavy atom. The molecule has 6 nitrogen and oxygen atoms in total. The number of rotatable bonds is 2. The Balaban J connectivity index is 1.81. The lowest BCUT2D eigenvalue weighted by Crippen LogP contribution is -2.24. The number of imidazole rings is 1. The number of carbonyl (C=O) groups is 1. The van der Waals surface area contributed by atoms with Crippen LogP contribution in [0.25, 0.3) is 28.1 Å². The van der Waals surface area contributed by atoms with Gasteiger partial charge in [0, 0.05) is 13.1 Å². The summed E-state index contributed by atoms with van der Waals surface area (Å²) in [6.07, 6.45) is -3.58. The van der Waals surface area contributed by atoms with E-state index in [1.807, 2.05) is 0 Å². The van der Waals surface area contributed by atoms with E-state index in [9.17, 15) is 18.0 Å². The zero-order valence-electron chi connectivity index (χ0n) is 15.2. The molecule has 152 valence electrons. The third-order valence-electron chi connectivity index (χ3n) is 4.99. The fraction of sp³-hybridized carbons (Fsp3) is 0.150. The van der Waals surface area contributed by atoms with Gasteiger partial charge in [-0.3, -0.25) is 4.79 Å². The smallest absolute Gasteiger partial charge is 0.350 e. The number of aromatic nitrogens is 4. The number of nitrogens with one attached hydrogen (secondary N) is 1. The van der Waals surface area contributed by atoms with Gasteiger partial charge >= 0.3 is 6.18 Å². The number of halogens is 4. The summed E-state index contributed by atoms with van der Waals surface area (Å²) >= 11 is 6.13. The predicted octanol–water partition coefficient (Wildman–Crippen LogP) is 4.30. The molecule has 0 spiro atoms. The molecule has 1 aliphatic heterocycles. The lowest BCUT2D eigenvalue weighted by Gasteiger charge is -2.14. The van der Waals surface area contributed by atoms with Gasteiger partial charge in [-0.25, -0.2) is 9.67 Å². The second kappa shape index (κ2) is 6.60. The Hall–Kier alpha value is -3.33. The second-order valence-electron chi connectivity index (χ2n) is 6.78. The molecule has 10 heteroatoms. The van der Waals surface area contributed by atoms with Crippen molar-refractivity contribution in [3.63, 3.8) is 0 Å². The molecule has 30 heavy (non-hydrogen) atoms. The van der Waals surface area contributed by atoms with Crippen LogP contribution in [0.3, 0.4) is 0 Å². The SMILES string of the molecule is O=C1NCCn2c(-c3cnn(-c4ccccc4Cl)c3C(F)(F)F)nc3cccc1c32. The first kappa shape index (κ1) is 18.7. The number of amides is 1. The van der Waals surface area contributed by atoms with E-state index in [2.05, 4.69) is 15.4 Å². The van der Waals surface area contributed by atoms with Crippen LogP contribution in [0.2, 0.25) is 5.02 Å². The highest BCUT2D eigenvalue weighted by atomic mass is 35.5. The van der Waals surface area contributed by atoms with Crippen molar-refractivity contribution < 1.29 is 18.0 Å². The minimum atomic E-state index is -4.72. The molecule has 0 bridgehead atoms. The molecule has 1 amide bonds. The molecular formula is C20H13ClF3N5O. The zero-order valence-corrected chi connectivity index (χ0v) is 16.0.